The Morgan fingerprint density at radius 2 is 2.00 bits per heavy atom. The number of nitrogens with one attached hydrogen (secondary N) is 1. The number of hydrogen-bond donors (Lipinski definition) is 2. The van der Waals surface area contributed by atoms with Crippen LogP contribution < -0.4 is 10.1 Å². The molecular weight excluding hydrogens is 272 g/mol. The molecule has 1 aliphatic carbocycles. The number of nitrogens with zero attached hydrogens (tertiary/aromatic N) is 1. The van der Waals surface area contributed by atoms with Crippen LogP contribution in [0.25, 0.3) is 0 Å². The highest BCUT2D eigenvalue weighted by atomic mass is 16.5. The van der Waals surface area contributed by atoms with Gasteiger partial charge in [-0.15, -0.1) is 0 Å². The summed E-state index contributed by atoms with van der Waals surface area (Å²) in [7, 11) is 0. The Labute approximate surface area is 122 Å². The van der Waals surface area contributed by atoms with E-state index < -0.39 is 24.0 Å². The third-order valence-electron chi connectivity index (χ3n) is 3.32. The van der Waals surface area contributed by atoms with Crippen LogP contribution in [0.2, 0.25) is 0 Å². The van der Waals surface area contributed by atoms with Crippen molar-refractivity contribution in [1.29, 1.82) is 5.26 Å². The number of amides is 1. The van der Waals surface area contributed by atoms with Crippen LogP contribution in [0.5, 0.6) is 5.75 Å². The first-order chi connectivity index (χ1) is 10.0. The summed E-state index contributed by atoms with van der Waals surface area (Å²) < 4.78 is 5.44. The van der Waals surface area contributed by atoms with Crippen LogP contribution in [-0.2, 0) is 9.59 Å². The molecule has 1 aliphatic rings. The van der Waals surface area contributed by atoms with Gasteiger partial charge in [0.25, 0.3) is 5.91 Å². The van der Waals surface area contributed by atoms with Gasteiger partial charge in [-0.05, 0) is 49.9 Å². The molecule has 0 bridgehead atoms. The second-order valence-corrected chi connectivity index (χ2v) is 5.06. The fourth-order valence-corrected chi connectivity index (χ4v) is 1.95. The Morgan fingerprint density at radius 1 is 1.38 bits per heavy atom. The van der Waals surface area contributed by atoms with Gasteiger partial charge < -0.3 is 15.2 Å². The van der Waals surface area contributed by atoms with E-state index in [1.807, 2.05) is 6.07 Å². The zero-order valence-corrected chi connectivity index (χ0v) is 11.6. The maximum absolute atomic E-state index is 12.0. The molecule has 0 aromatic heterocycles. The lowest BCUT2D eigenvalue weighted by atomic mass is 10.2. The number of aliphatic carboxylic acids is 1. The molecule has 21 heavy (non-hydrogen) atoms. The molecule has 2 unspecified atom stereocenters. The van der Waals surface area contributed by atoms with Crippen molar-refractivity contribution in [2.75, 3.05) is 0 Å². The van der Waals surface area contributed by atoms with Crippen LogP contribution >= 0.6 is 0 Å². The summed E-state index contributed by atoms with van der Waals surface area (Å²) in [5.41, 5.74) is 0.499. The maximum atomic E-state index is 12.0. The highest BCUT2D eigenvalue weighted by Crippen LogP contribution is 2.32. The molecule has 1 fully saturated rings. The summed E-state index contributed by atoms with van der Waals surface area (Å²) >= 11 is 0. The minimum Gasteiger partial charge on any atom is -0.481 e. The van der Waals surface area contributed by atoms with E-state index in [9.17, 15) is 9.59 Å². The SMILES string of the molecule is CC(Oc1ccc(C#N)cc1)C(=O)NC(C(=O)O)C1CC1. The zero-order valence-electron chi connectivity index (χ0n) is 11.6. The van der Waals surface area contributed by atoms with Gasteiger partial charge in [0.15, 0.2) is 6.10 Å². The molecule has 0 saturated heterocycles. The summed E-state index contributed by atoms with van der Waals surface area (Å²) in [5, 5.41) is 20.3. The Bertz CT molecular complexity index is 572. The van der Waals surface area contributed by atoms with E-state index in [1.54, 1.807) is 31.2 Å². The predicted octanol–water partition coefficient (Wildman–Crippen LogP) is 1.30. The van der Waals surface area contributed by atoms with E-state index in [1.165, 1.54) is 0 Å². The first kappa shape index (κ1) is 14.9. The van der Waals surface area contributed by atoms with E-state index in [-0.39, 0.29) is 5.92 Å². The van der Waals surface area contributed by atoms with Gasteiger partial charge in [-0.3, -0.25) is 4.79 Å². The van der Waals surface area contributed by atoms with Gasteiger partial charge in [0.2, 0.25) is 0 Å². The van der Waals surface area contributed by atoms with Crippen LogP contribution in [0.1, 0.15) is 25.3 Å². The number of hydrogen-bond acceptors (Lipinski definition) is 4. The molecule has 110 valence electrons. The summed E-state index contributed by atoms with van der Waals surface area (Å²) in [5.74, 6) is -1.00. The lowest BCUT2D eigenvalue weighted by Gasteiger charge is -2.18. The number of ether oxygens (including phenoxy) is 1. The summed E-state index contributed by atoms with van der Waals surface area (Å²) in [6, 6.07) is 7.51. The number of benzene rings is 1. The van der Waals surface area contributed by atoms with Crippen LogP contribution in [0.3, 0.4) is 0 Å². The summed E-state index contributed by atoms with van der Waals surface area (Å²) in [6.07, 6.45) is 0.836. The van der Waals surface area contributed by atoms with Gasteiger partial charge in [0.05, 0.1) is 11.6 Å². The molecule has 0 radical (unpaired) electrons. The van der Waals surface area contributed by atoms with Gasteiger partial charge in [-0.1, -0.05) is 0 Å². The monoisotopic (exact) mass is 288 g/mol. The van der Waals surface area contributed by atoms with Crippen LogP contribution in [0.15, 0.2) is 24.3 Å². The van der Waals surface area contributed by atoms with Gasteiger partial charge in [-0.25, -0.2) is 4.79 Å². The molecule has 2 rings (SSSR count). The largest absolute Gasteiger partial charge is 0.481 e. The molecule has 0 spiro atoms. The van der Waals surface area contributed by atoms with Crippen molar-refractivity contribution in [3.8, 4) is 11.8 Å². The maximum Gasteiger partial charge on any atom is 0.326 e. The standard InChI is InChI=1S/C15H16N2O4/c1-9(21-12-6-2-10(8-16)3-7-12)14(18)17-13(15(19)20)11-4-5-11/h2-3,6-7,9,11,13H,4-5H2,1H3,(H,17,18)(H,19,20). The Balaban J connectivity index is 1.92. The molecule has 2 atom stereocenters. The Morgan fingerprint density at radius 3 is 2.48 bits per heavy atom. The van der Waals surface area contributed by atoms with Gasteiger partial charge >= 0.3 is 5.97 Å². The molecule has 1 aromatic carbocycles. The molecule has 0 aliphatic heterocycles. The Hall–Kier alpha value is -2.55. The van der Waals surface area contributed by atoms with Crippen molar-refractivity contribution >= 4 is 11.9 Å². The Kier molecular flexibility index (Phi) is 4.43. The van der Waals surface area contributed by atoms with E-state index in [2.05, 4.69) is 5.32 Å². The van der Waals surface area contributed by atoms with Crippen molar-refractivity contribution in [2.45, 2.75) is 31.9 Å². The zero-order chi connectivity index (χ0) is 15.4. The summed E-state index contributed by atoms with van der Waals surface area (Å²) in [4.78, 5) is 23.0. The van der Waals surface area contributed by atoms with E-state index in [4.69, 9.17) is 15.1 Å². The number of carbonyl (C=O) groups is 2. The second kappa shape index (κ2) is 6.27. The molecule has 6 heteroatoms. The first-order valence-electron chi connectivity index (χ1n) is 6.71. The van der Waals surface area contributed by atoms with Crippen LogP contribution in [-0.4, -0.2) is 29.1 Å². The average Bonchev–Trinajstić information content (AvgIpc) is 3.29. The lowest BCUT2D eigenvalue weighted by molar-refractivity contribution is -0.143. The van der Waals surface area contributed by atoms with Gasteiger partial charge in [0, 0.05) is 0 Å². The highest BCUT2D eigenvalue weighted by Gasteiger charge is 2.38. The smallest absolute Gasteiger partial charge is 0.326 e. The molecular formula is C15H16N2O4. The van der Waals surface area contributed by atoms with E-state index in [0.29, 0.717) is 11.3 Å². The quantitative estimate of drug-likeness (QED) is 0.822. The minimum atomic E-state index is -1.02. The van der Waals surface area contributed by atoms with Crippen LogP contribution in [0, 0.1) is 17.2 Å². The normalized spacial score (nSPS) is 16.4. The topological polar surface area (TPSA) is 99.4 Å². The van der Waals surface area contributed by atoms with Crippen molar-refractivity contribution in [3.05, 3.63) is 29.8 Å². The molecule has 2 N–H and O–H groups in total. The lowest BCUT2D eigenvalue weighted by Crippen LogP contribution is -2.47. The number of carboxylic acid groups (broad SMARTS) is 1. The van der Waals surface area contributed by atoms with Crippen molar-refractivity contribution in [2.24, 2.45) is 5.92 Å². The average molecular weight is 288 g/mol. The van der Waals surface area contributed by atoms with Gasteiger partial charge in [0.1, 0.15) is 11.8 Å². The number of nitriles is 1. The number of rotatable bonds is 6. The van der Waals surface area contributed by atoms with Crippen molar-refractivity contribution < 1.29 is 19.4 Å². The van der Waals surface area contributed by atoms with Crippen molar-refractivity contribution in [3.63, 3.8) is 0 Å². The molecule has 0 heterocycles. The highest BCUT2D eigenvalue weighted by molar-refractivity contribution is 5.86. The number of carbonyl (C=O) groups excluding carboxylic acids is 1. The van der Waals surface area contributed by atoms with Crippen molar-refractivity contribution in [1.82, 2.24) is 5.32 Å². The number of carboxylic acids is 1. The third-order valence-corrected chi connectivity index (χ3v) is 3.32. The molecule has 6 nitrogen and oxygen atoms in total. The minimum absolute atomic E-state index is 0.0218. The summed E-state index contributed by atoms with van der Waals surface area (Å²) in [6.45, 7) is 1.55. The van der Waals surface area contributed by atoms with Gasteiger partial charge in [-0.2, -0.15) is 5.26 Å². The first-order valence-corrected chi connectivity index (χ1v) is 6.71. The third kappa shape index (κ3) is 3.96. The van der Waals surface area contributed by atoms with Crippen LogP contribution in [0.4, 0.5) is 0 Å². The predicted molar refractivity (Wildman–Crippen MR) is 73.5 cm³/mol. The van der Waals surface area contributed by atoms with E-state index >= 15 is 0 Å². The molecule has 1 aromatic rings. The fourth-order valence-electron chi connectivity index (χ4n) is 1.95. The fraction of sp³-hybridized carbons (Fsp3) is 0.400. The van der Waals surface area contributed by atoms with E-state index in [0.717, 1.165) is 12.8 Å². The second-order valence-electron chi connectivity index (χ2n) is 5.06. The molecule has 1 amide bonds. The molecule has 1 saturated carbocycles.